The molecule has 0 bridgehead atoms. The summed E-state index contributed by atoms with van der Waals surface area (Å²) in [5.74, 6) is -0.0611. The molecule has 0 fully saturated rings. The van der Waals surface area contributed by atoms with E-state index in [4.69, 9.17) is 18.0 Å². The zero-order valence-corrected chi connectivity index (χ0v) is 9.91. The highest BCUT2D eigenvalue weighted by Crippen LogP contribution is 2.14. The van der Waals surface area contributed by atoms with Crippen LogP contribution in [0.3, 0.4) is 0 Å². The first-order valence-corrected chi connectivity index (χ1v) is 5.59. The molecule has 0 aliphatic carbocycles. The second kappa shape index (κ2) is 4.89. The molecule has 0 saturated carbocycles. The summed E-state index contributed by atoms with van der Waals surface area (Å²) in [5, 5.41) is 0. The molecule has 2 aromatic rings. The van der Waals surface area contributed by atoms with Gasteiger partial charge in [0.15, 0.2) is 5.78 Å². The fraction of sp³-hybridized carbons (Fsp3) is 0. The third-order valence-electron chi connectivity index (χ3n) is 2.47. The topological polar surface area (TPSA) is 43.1 Å². The van der Waals surface area contributed by atoms with Gasteiger partial charge in [0.1, 0.15) is 4.99 Å². The molecule has 0 radical (unpaired) electrons. The van der Waals surface area contributed by atoms with Crippen molar-refractivity contribution in [2.45, 2.75) is 0 Å². The summed E-state index contributed by atoms with van der Waals surface area (Å²) >= 11 is 4.94. The summed E-state index contributed by atoms with van der Waals surface area (Å²) in [6.07, 6.45) is 0. The molecule has 2 rings (SSSR count). The Morgan fingerprint density at radius 2 is 1.41 bits per heavy atom. The molecule has 0 amide bonds. The predicted molar refractivity (Wildman–Crippen MR) is 72.2 cm³/mol. The molecule has 2 aromatic carbocycles. The minimum atomic E-state index is -0.0611. The maximum atomic E-state index is 12.3. The van der Waals surface area contributed by atoms with Crippen LogP contribution in [0, 0.1) is 0 Å². The number of thiocarbonyl (C=S) groups is 1. The minimum absolute atomic E-state index is 0.0611. The zero-order valence-electron chi connectivity index (χ0n) is 9.09. The number of rotatable bonds is 3. The molecule has 0 aromatic heterocycles. The van der Waals surface area contributed by atoms with Crippen LogP contribution in [0.25, 0.3) is 0 Å². The number of hydrogen-bond acceptors (Lipinski definition) is 2. The third-order valence-corrected chi connectivity index (χ3v) is 2.69. The van der Waals surface area contributed by atoms with Crippen LogP contribution in [0.15, 0.2) is 54.6 Å². The average Bonchev–Trinajstić information content (AvgIpc) is 2.39. The minimum Gasteiger partial charge on any atom is -0.389 e. The van der Waals surface area contributed by atoms with Crippen molar-refractivity contribution in [3.63, 3.8) is 0 Å². The highest BCUT2D eigenvalue weighted by atomic mass is 32.1. The largest absolute Gasteiger partial charge is 0.389 e. The second-order valence-corrected chi connectivity index (χ2v) is 4.04. The van der Waals surface area contributed by atoms with Crippen molar-refractivity contribution >= 4 is 23.0 Å². The van der Waals surface area contributed by atoms with E-state index >= 15 is 0 Å². The number of hydrogen-bond donors (Lipinski definition) is 1. The Morgan fingerprint density at radius 3 is 2.00 bits per heavy atom. The van der Waals surface area contributed by atoms with Gasteiger partial charge in [-0.2, -0.15) is 0 Å². The lowest BCUT2D eigenvalue weighted by Crippen LogP contribution is -2.15. The summed E-state index contributed by atoms with van der Waals surface area (Å²) in [4.78, 5) is 12.5. The highest BCUT2D eigenvalue weighted by Gasteiger charge is 2.13. The quantitative estimate of drug-likeness (QED) is 0.663. The second-order valence-electron chi connectivity index (χ2n) is 3.60. The Kier molecular flexibility index (Phi) is 3.30. The first-order chi connectivity index (χ1) is 8.20. The van der Waals surface area contributed by atoms with Gasteiger partial charge < -0.3 is 5.73 Å². The van der Waals surface area contributed by atoms with E-state index in [-0.39, 0.29) is 10.8 Å². The van der Waals surface area contributed by atoms with Gasteiger partial charge in [-0.1, -0.05) is 66.8 Å². The van der Waals surface area contributed by atoms with Crippen molar-refractivity contribution < 1.29 is 4.79 Å². The van der Waals surface area contributed by atoms with E-state index in [0.717, 1.165) is 0 Å². The number of benzene rings is 2. The van der Waals surface area contributed by atoms with Gasteiger partial charge in [0.25, 0.3) is 0 Å². The van der Waals surface area contributed by atoms with E-state index in [2.05, 4.69) is 0 Å². The lowest BCUT2D eigenvalue weighted by molar-refractivity contribution is 0.103. The van der Waals surface area contributed by atoms with E-state index in [0.29, 0.717) is 16.7 Å². The first-order valence-electron chi connectivity index (χ1n) is 5.18. The summed E-state index contributed by atoms with van der Waals surface area (Å²) in [5.41, 5.74) is 7.41. The van der Waals surface area contributed by atoms with Crippen LogP contribution in [0.2, 0.25) is 0 Å². The smallest absolute Gasteiger partial charge is 0.193 e. The van der Waals surface area contributed by atoms with Crippen molar-refractivity contribution in [2.24, 2.45) is 5.73 Å². The highest BCUT2D eigenvalue weighted by molar-refractivity contribution is 7.80. The fourth-order valence-electron chi connectivity index (χ4n) is 1.64. The molecule has 0 aliphatic rings. The van der Waals surface area contributed by atoms with E-state index in [9.17, 15) is 4.79 Å². The Balaban J connectivity index is 2.48. The Bertz CT molecular complexity index is 563. The molecule has 2 nitrogen and oxygen atoms in total. The number of ketones is 1. The first kappa shape index (κ1) is 11.5. The van der Waals surface area contributed by atoms with Crippen molar-refractivity contribution in [1.82, 2.24) is 0 Å². The van der Waals surface area contributed by atoms with E-state index in [1.807, 2.05) is 24.3 Å². The van der Waals surface area contributed by atoms with Crippen molar-refractivity contribution in [3.8, 4) is 0 Å². The molecule has 3 heteroatoms. The molecular weight excluding hydrogens is 230 g/mol. The molecule has 0 aliphatic heterocycles. The van der Waals surface area contributed by atoms with Crippen molar-refractivity contribution in [1.29, 1.82) is 0 Å². The maximum absolute atomic E-state index is 12.3. The van der Waals surface area contributed by atoms with Crippen LogP contribution in [0.1, 0.15) is 21.5 Å². The normalized spacial score (nSPS) is 9.88. The summed E-state index contributed by atoms with van der Waals surface area (Å²) < 4.78 is 0. The van der Waals surface area contributed by atoms with E-state index in [1.165, 1.54) is 0 Å². The van der Waals surface area contributed by atoms with Gasteiger partial charge in [-0.3, -0.25) is 4.79 Å². The van der Waals surface area contributed by atoms with Crippen LogP contribution in [-0.2, 0) is 0 Å². The van der Waals surface area contributed by atoms with Crippen LogP contribution in [-0.4, -0.2) is 10.8 Å². The van der Waals surface area contributed by atoms with Crippen molar-refractivity contribution in [3.05, 3.63) is 71.3 Å². The molecule has 0 unspecified atom stereocenters. The number of carbonyl (C=O) groups excluding carboxylic acids is 1. The Morgan fingerprint density at radius 1 is 0.882 bits per heavy atom. The van der Waals surface area contributed by atoms with Gasteiger partial charge in [-0.25, -0.2) is 0 Å². The third kappa shape index (κ3) is 2.40. The number of carbonyl (C=O) groups is 1. The fourth-order valence-corrected chi connectivity index (χ4v) is 1.82. The van der Waals surface area contributed by atoms with Crippen molar-refractivity contribution in [2.75, 3.05) is 0 Å². The standard InChI is InChI=1S/C14H11NOS/c15-14(17)12-9-5-4-8-11(12)13(16)10-6-2-1-3-7-10/h1-9H,(H2,15,17). The molecule has 2 N–H and O–H groups in total. The lowest BCUT2D eigenvalue weighted by atomic mass is 9.98. The molecule has 0 heterocycles. The molecule has 0 saturated heterocycles. The van der Waals surface area contributed by atoms with Crippen LogP contribution in [0.4, 0.5) is 0 Å². The van der Waals surface area contributed by atoms with Gasteiger partial charge in [0.05, 0.1) is 0 Å². The van der Waals surface area contributed by atoms with Gasteiger partial charge in [0, 0.05) is 16.7 Å². The Hall–Kier alpha value is -2.00. The predicted octanol–water partition coefficient (Wildman–Crippen LogP) is 2.55. The Labute approximate surface area is 105 Å². The SMILES string of the molecule is NC(=S)c1ccccc1C(=O)c1ccccc1. The summed E-state index contributed by atoms with van der Waals surface area (Å²) in [7, 11) is 0. The molecule has 84 valence electrons. The van der Waals surface area contributed by atoms with Crippen LogP contribution >= 0.6 is 12.2 Å². The van der Waals surface area contributed by atoms with E-state index in [1.54, 1.807) is 30.3 Å². The van der Waals surface area contributed by atoms with Gasteiger partial charge in [-0.15, -0.1) is 0 Å². The molecular formula is C14H11NOS. The monoisotopic (exact) mass is 241 g/mol. The molecule has 0 spiro atoms. The summed E-state index contributed by atoms with van der Waals surface area (Å²) in [6.45, 7) is 0. The number of nitrogens with two attached hydrogens (primary N) is 1. The van der Waals surface area contributed by atoms with Crippen LogP contribution < -0.4 is 5.73 Å². The zero-order chi connectivity index (χ0) is 12.3. The van der Waals surface area contributed by atoms with E-state index < -0.39 is 0 Å². The van der Waals surface area contributed by atoms with Crippen LogP contribution in [0.5, 0.6) is 0 Å². The maximum Gasteiger partial charge on any atom is 0.193 e. The van der Waals surface area contributed by atoms with Gasteiger partial charge in [0.2, 0.25) is 0 Å². The molecule has 17 heavy (non-hydrogen) atoms. The van der Waals surface area contributed by atoms with Gasteiger partial charge in [-0.05, 0) is 0 Å². The lowest BCUT2D eigenvalue weighted by Gasteiger charge is -2.06. The average molecular weight is 241 g/mol. The van der Waals surface area contributed by atoms with Gasteiger partial charge >= 0.3 is 0 Å². The molecule has 0 atom stereocenters. The summed E-state index contributed by atoms with van der Waals surface area (Å²) in [6, 6.07) is 16.2.